The first kappa shape index (κ1) is 16.5. The van der Waals surface area contributed by atoms with Crippen molar-refractivity contribution in [2.45, 2.75) is 25.8 Å². The second kappa shape index (κ2) is 7.38. The average Bonchev–Trinajstić information content (AvgIpc) is 2.48. The molecule has 1 saturated heterocycles. The summed E-state index contributed by atoms with van der Waals surface area (Å²) < 4.78 is 0.945. The van der Waals surface area contributed by atoms with E-state index < -0.39 is 0 Å². The molecule has 5 heteroatoms. The van der Waals surface area contributed by atoms with Gasteiger partial charge in [0.15, 0.2) is 0 Å². The van der Waals surface area contributed by atoms with Gasteiger partial charge in [0.05, 0.1) is 6.61 Å². The Kier molecular flexibility index (Phi) is 5.79. The molecule has 1 fully saturated rings. The molecule has 2 rings (SSSR count). The Labute approximate surface area is 134 Å². The molecule has 1 aromatic carbocycles. The third-order valence-corrected chi connectivity index (χ3v) is 5.00. The molecule has 0 radical (unpaired) electrons. The average molecular weight is 355 g/mol. The van der Waals surface area contributed by atoms with Crippen molar-refractivity contribution in [3.63, 3.8) is 0 Å². The molecule has 0 aliphatic carbocycles. The van der Waals surface area contributed by atoms with Crippen molar-refractivity contribution in [1.82, 2.24) is 9.80 Å². The summed E-state index contributed by atoms with van der Waals surface area (Å²) >= 11 is 3.48. The molecule has 1 aromatic rings. The van der Waals surface area contributed by atoms with E-state index in [0.29, 0.717) is 12.1 Å². The third kappa shape index (κ3) is 4.05. The highest BCUT2D eigenvalue weighted by Crippen LogP contribution is 2.22. The van der Waals surface area contributed by atoms with Crippen molar-refractivity contribution in [3.8, 4) is 0 Å². The van der Waals surface area contributed by atoms with Crippen molar-refractivity contribution in [1.29, 1.82) is 0 Å². The smallest absolute Gasteiger partial charge is 0.254 e. The normalized spacial score (nSPS) is 17.0. The molecule has 116 valence electrons. The molecular weight excluding hydrogens is 332 g/mol. The van der Waals surface area contributed by atoms with Crippen molar-refractivity contribution >= 4 is 21.8 Å². The number of carbonyl (C=O) groups is 1. The first-order valence-corrected chi connectivity index (χ1v) is 8.18. The third-order valence-electron chi connectivity index (χ3n) is 4.15. The van der Waals surface area contributed by atoms with Gasteiger partial charge in [0, 0.05) is 22.6 Å². The Hall–Kier alpha value is -0.910. The largest absolute Gasteiger partial charge is 0.395 e. The SMILES string of the molecule is Cc1ccc(C(=O)N(CCO)C2CCN(C)CC2)cc1Br. The quantitative estimate of drug-likeness (QED) is 0.901. The van der Waals surface area contributed by atoms with Crippen molar-refractivity contribution < 1.29 is 9.90 Å². The molecule has 0 aromatic heterocycles. The molecule has 0 saturated carbocycles. The zero-order valence-electron chi connectivity index (χ0n) is 12.7. The number of carbonyl (C=O) groups excluding carboxylic acids is 1. The molecule has 0 bridgehead atoms. The monoisotopic (exact) mass is 354 g/mol. The second-order valence-electron chi connectivity index (χ2n) is 5.72. The highest BCUT2D eigenvalue weighted by Gasteiger charge is 2.27. The fourth-order valence-electron chi connectivity index (χ4n) is 2.76. The van der Waals surface area contributed by atoms with Crippen LogP contribution in [0.5, 0.6) is 0 Å². The van der Waals surface area contributed by atoms with Crippen molar-refractivity contribution in [2.24, 2.45) is 0 Å². The molecule has 1 aliphatic heterocycles. The molecule has 1 aliphatic rings. The van der Waals surface area contributed by atoms with Crippen LogP contribution in [-0.4, -0.2) is 60.1 Å². The predicted molar refractivity (Wildman–Crippen MR) is 87.5 cm³/mol. The number of hydrogen-bond acceptors (Lipinski definition) is 3. The van der Waals surface area contributed by atoms with Gasteiger partial charge in [-0.15, -0.1) is 0 Å². The minimum Gasteiger partial charge on any atom is -0.395 e. The maximum Gasteiger partial charge on any atom is 0.254 e. The standard InChI is InChI=1S/C16H23BrN2O2/c1-12-3-4-13(11-15(12)17)16(21)19(9-10-20)14-5-7-18(2)8-6-14/h3-4,11,14,20H,5-10H2,1-2H3. The maximum atomic E-state index is 12.8. The first-order valence-electron chi connectivity index (χ1n) is 7.39. The lowest BCUT2D eigenvalue weighted by atomic mass is 10.0. The van der Waals surface area contributed by atoms with Crippen LogP contribution in [0.1, 0.15) is 28.8 Å². The Morgan fingerprint density at radius 3 is 2.67 bits per heavy atom. The number of rotatable bonds is 4. The van der Waals surface area contributed by atoms with Crippen LogP contribution in [0.2, 0.25) is 0 Å². The van der Waals surface area contributed by atoms with E-state index in [2.05, 4.69) is 27.9 Å². The lowest BCUT2D eigenvalue weighted by Gasteiger charge is -2.37. The minimum absolute atomic E-state index is 0.00507. The van der Waals surface area contributed by atoms with Gasteiger partial charge in [-0.25, -0.2) is 0 Å². The Morgan fingerprint density at radius 1 is 1.43 bits per heavy atom. The van der Waals surface area contributed by atoms with E-state index in [1.165, 1.54) is 0 Å². The number of aryl methyl sites for hydroxylation is 1. The Bertz CT molecular complexity index is 499. The summed E-state index contributed by atoms with van der Waals surface area (Å²) in [4.78, 5) is 16.9. The zero-order valence-corrected chi connectivity index (χ0v) is 14.3. The van der Waals surface area contributed by atoms with Gasteiger partial charge in [-0.2, -0.15) is 0 Å². The summed E-state index contributed by atoms with van der Waals surface area (Å²) in [6.07, 6.45) is 1.94. The number of nitrogens with zero attached hydrogens (tertiary/aromatic N) is 2. The molecule has 0 atom stereocenters. The van der Waals surface area contributed by atoms with E-state index in [9.17, 15) is 9.90 Å². The number of likely N-dealkylation sites (tertiary alicyclic amines) is 1. The molecule has 1 heterocycles. The topological polar surface area (TPSA) is 43.8 Å². The van der Waals surface area contributed by atoms with Crippen LogP contribution >= 0.6 is 15.9 Å². The van der Waals surface area contributed by atoms with E-state index in [1.807, 2.05) is 30.0 Å². The van der Waals surface area contributed by atoms with Crippen LogP contribution in [0.25, 0.3) is 0 Å². The highest BCUT2D eigenvalue weighted by molar-refractivity contribution is 9.10. The van der Waals surface area contributed by atoms with Gasteiger partial charge in [0.25, 0.3) is 5.91 Å². The molecule has 4 nitrogen and oxygen atoms in total. The molecule has 1 N–H and O–H groups in total. The second-order valence-corrected chi connectivity index (χ2v) is 6.57. The van der Waals surface area contributed by atoms with E-state index in [4.69, 9.17) is 0 Å². The van der Waals surface area contributed by atoms with Crippen LogP contribution in [0.3, 0.4) is 0 Å². The minimum atomic E-state index is 0.00507. The first-order chi connectivity index (χ1) is 10.0. The van der Waals surface area contributed by atoms with Gasteiger partial charge in [0.2, 0.25) is 0 Å². The van der Waals surface area contributed by atoms with Gasteiger partial charge >= 0.3 is 0 Å². The van der Waals surface area contributed by atoms with Crippen molar-refractivity contribution in [3.05, 3.63) is 33.8 Å². The van der Waals surface area contributed by atoms with E-state index in [0.717, 1.165) is 36.0 Å². The van der Waals surface area contributed by atoms with Crippen LogP contribution in [0.4, 0.5) is 0 Å². The van der Waals surface area contributed by atoms with Crippen LogP contribution < -0.4 is 0 Å². The van der Waals surface area contributed by atoms with Gasteiger partial charge < -0.3 is 14.9 Å². The fourth-order valence-corrected chi connectivity index (χ4v) is 3.13. The lowest BCUT2D eigenvalue weighted by molar-refractivity contribution is 0.0540. The maximum absolute atomic E-state index is 12.8. The molecule has 0 spiro atoms. The number of aliphatic hydroxyl groups is 1. The Morgan fingerprint density at radius 2 is 2.10 bits per heavy atom. The van der Waals surface area contributed by atoms with E-state index in [-0.39, 0.29) is 18.6 Å². The fraction of sp³-hybridized carbons (Fsp3) is 0.562. The number of benzene rings is 1. The number of hydrogen-bond donors (Lipinski definition) is 1. The zero-order chi connectivity index (χ0) is 15.4. The van der Waals surface area contributed by atoms with E-state index >= 15 is 0 Å². The van der Waals surface area contributed by atoms with Crippen LogP contribution in [0.15, 0.2) is 22.7 Å². The van der Waals surface area contributed by atoms with Gasteiger partial charge in [-0.1, -0.05) is 22.0 Å². The van der Waals surface area contributed by atoms with Gasteiger partial charge in [-0.05, 0) is 57.6 Å². The summed E-state index contributed by atoms with van der Waals surface area (Å²) in [5.41, 5.74) is 1.79. The van der Waals surface area contributed by atoms with E-state index in [1.54, 1.807) is 0 Å². The Balaban J connectivity index is 2.16. The summed E-state index contributed by atoms with van der Waals surface area (Å²) in [6, 6.07) is 5.91. The van der Waals surface area contributed by atoms with Gasteiger partial charge in [-0.3, -0.25) is 4.79 Å². The van der Waals surface area contributed by atoms with Crippen LogP contribution in [0, 0.1) is 6.92 Å². The van der Waals surface area contributed by atoms with Gasteiger partial charge in [0.1, 0.15) is 0 Å². The molecular formula is C16H23BrN2O2. The van der Waals surface area contributed by atoms with Crippen LogP contribution in [-0.2, 0) is 0 Å². The summed E-state index contributed by atoms with van der Waals surface area (Å²) in [5.74, 6) is 0.0132. The summed E-state index contributed by atoms with van der Waals surface area (Å²) in [6.45, 7) is 4.40. The summed E-state index contributed by atoms with van der Waals surface area (Å²) in [7, 11) is 2.10. The number of piperidine rings is 1. The predicted octanol–water partition coefficient (Wildman–Crippen LogP) is 2.29. The van der Waals surface area contributed by atoms with Crippen molar-refractivity contribution in [2.75, 3.05) is 33.3 Å². The number of aliphatic hydroxyl groups excluding tert-OH is 1. The summed E-state index contributed by atoms with van der Waals surface area (Å²) in [5, 5.41) is 9.30. The highest BCUT2D eigenvalue weighted by atomic mass is 79.9. The lowest BCUT2D eigenvalue weighted by Crippen LogP contribution is -2.47. The number of halogens is 1. The molecule has 21 heavy (non-hydrogen) atoms. The molecule has 0 unspecified atom stereocenters. The number of amides is 1. The molecule has 1 amide bonds.